The van der Waals surface area contributed by atoms with E-state index in [4.69, 9.17) is 11.6 Å². The van der Waals surface area contributed by atoms with Crippen molar-refractivity contribution in [3.63, 3.8) is 0 Å². The van der Waals surface area contributed by atoms with Crippen LogP contribution in [0.3, 0.4) is 0 Å². The summed E-state index contributed by atoms with van der Waals surface area (Å²) in [6, 6.07) is 29.6. The topological polar surface area (TPSA) is 64.2 Å². The molecule has 0 fully saturated rings. The van der Waals surface area contributed by atoms with Crippen LogP contribution in [0.4, 0.5) is 5.82 Å². The van der Waals surface area contributed by atoms with Gasteiger partial charge in [0.1, 0.15) is 6.20 Å². The third kappa shape index (κ3) is 4.76. The van der Waals surface area contributed by atoms with Gasteiger partial charge in [-0.15, -0.1) is 11.6 Å². The molecule has 1 heterocycles. The maximum atomic E-state index is 11.1. The Morgan fingerprint density at radius 1 is 0.914 bits per heavy atom. The first-order valence-electron chi connectivity index (χ1n) is 11.6. The summed E-state index contributed by atoms with van der Waals surface area (Å²) in [7, 11) is 0. The van der Waals surface area contributed by atoms with Crippen molar-refractivity contribution in [1.82, 2.24) is 14.5 Å². The number of rotatable bonds is 9. The highest BCUT2D eigenvalue weighted by Gasteiger charge is 2.26. The molecule has 1 atom stereocenters. The van der Waals surface area contributed by atoms with Crippen molar-refractivity contribution in [2.24, 2.45) is 0 Å². The molecule has 1 aromatic heterocycles. The molecular weight excluding hydrogens is 460 g/mol. The molecule has 6 nitrogen and oxygen atoms in total. The predicted molar refractivity (Wildman–Crippen MR) is 141 cm³/mol. The van der Waals surface area contributed by atoms with E-state index in [9.17, 15) is 10.1 Å². The van der Waals surface area contributed by atoms with Crippen LogP contribution in [0.5, 0.6) is 0 Å². The fourth-order valence-electron chi connectivity index (χ4n) is 4.83. The zero-order valence-electron chi connectivity index (χ0n) is 19.1. The van der Waals surface area contributed by atoms with Gasteiger partial charge in [-0.05, 0) is 48.6 Å². The number of nitrogens with zero attached hydrogens (tertiary/aromatic N) is 4. The maximum absolute atomic E-state index is 11.1. The number of fused-ring (bicyclic) bond motifs is 2. The first-order chi connectivity index (χ1) is 17.2. The van der Waals surface area contributed by atoms with Crippen LogP contribution in [-0.4, -0.2) is 38.3 Å². The molecule has 35 heavy (non-hydrogen) atoms. The SMILES string of the molecule is O=[N+]([O-])c1cn(CCN(CCCl)C(c2ccccc2)c2c3ccccc3cc3ccccc23)cn1. The van der Waals surface area contributed by atoms with E-state index in [2.05, 4.69) is 88.7 Å². The standard InChI is InChI=1S/C28H25ClN4O2/c29-14-15-32(17-16-31-19-26(30-20-31)33(34)35)28(21-8-2-1-3-9-21)27-24-12-6-4-10-22(24)18-23-11-5-7-13-25(23)27/h1-13,18-20,28H,14-17H2. The van der Waals surface area contributed by atoms with E-state index in [1.54, 1.807) is 4.57 Å². The zero-order valence-corrected chi connectivity index (χ0v) is 19.9. The molecule has 0 aliphatic carbocycles. The molecule has 1 unspecified atom stereocenters. The first kappa shape index (κ1) is 23.0. The third-order valence-corrected chi connectivity index (χ3v) is 6.56. The fourth-order valence-corrected chi connectivity index (χ4v) is 5.04. The van der Waals surface area contributed by atoms with Crippen molar-refractivity contribution in [1.29, 1.82) is 0 Å². The lowest BCUT2D eigenvalue weighted by atomic mass is 9.88. The number of aromatic nitrogens is 2. The van der Waals surface area contributed by atoms with Crippen LogP contribution in [0.2, 0.25) is 0 Å². The Morgan fingerprint density at radius 2 is 1.54 bits per heavy atom. The minimum Gasteiger partial charge on any atom is -0.358 e. The van der Waals surface area contributed by atoms with Crippen molar-refractivity contribution in [2.45, 2.75) is 12.6 Å². The van der Waals surface area contributed by atoms with E-state index >= 15 is 0 Å². The number of hydrogen-bond acceptors (Lipinski definition) is 4. The van der Waals surface area contributed by atoms with Gasteiger partial charge in [-0.1, -0.05) is 78.9 Å². The summed E-state index contributed by atoms with van der Waals surface area (Å²) >= 11 is 6.33. The summed E-state index contributed by atoms with van der Waals surface area (Å²) < 4.78 is 1.77. The number of alkyl halides is 1. The first-order valence-corrected chi connectivity index (χ1v) is 12.1. The van der Waals surface area contributed by atoms with E-state index in [0.717, 1.165) is 0 Å². The second-order valence-electron chi connectivity index (χ2n) is 8.50. The zero-order chi connectivity index (χ0) is 24.2. The Hall–Kier alpha value is -3.74. The van der Waals surface area contributed by atoms with Crippen molar-refractivity contribution < 1.29 is 4.92 Å². The number of hydrogen-bond donors (Lipinski definition) is 0. The molecule has 0 aliphatic rings. The second-order valence-corrected chi connectivity index (χ2v) is 8.88. The normalized spacial score (nSPS) is 12.4. The summed E-state index contributed by atoms with van der Waals surface area (Å²) in [6.45, 7) is 1.87. The largest absolute Gasteiger partial charge is 0.381 e. The highest BCUT2D eigenvalue weighted by molar-refractivity contribution is 6.18. The predicted octanol–water partition coefficient (Wildman–Crippen LogP) is 6.43. The van der Waals surface area contributed by atoms with Crippen LogP contribution in [0.15, 0.2) is 97.5 Å². The maximum Gasteiger partial charge on any atom is 0.381 e. The fraction of sp³-hybridized carbons (Fsp3) is 0.179. The summed E-state index contributed by atoms with van der Waals surface area (Å²) in [5.74, 6) is 0.324. The molecule has 4 aromatic carbocycles. The van der Waals surface area contributed by atoms with Crippen LogP contribution < -0.4 is 0 Å². The van der Waals surface area contributed by atoms with Crippen molar-refractivity contribution >= 4 is 39.0 Å². The van der Waals surface area contributed by atoms with Crippen LogP contribution in [0.25, 0.3) is 21.5 Å². The van der Waals surface area contributed by atoms with E-state index in [1.165, 1.54) is 45.2 Å². The molecule has 0 saturated heterocycles. The van der Waals surface area contributed by atoms with Gasteiger partial charge in [-0.25, -0.2) is 0 Å². The minimum absolute atomic E-state index is 0.0514. The summed E-state index contributed by atoms with van der Waals surface area (Å²) in [5.41, 5.74) is 2.42. The molecule has 0 bridgehead atoms. The monoisotopic (exact) mass is 484 g/mol. The lowest BCUT2D eigenvalue weighted by molar-refractivity contribution is -0.389. The Morgan fingerprint density at radius 3 is 2.14 bits per heavy atom. The molecular formula is C28H25ClN4O2. The Labute approximate surface area is 208 Å². The lowest BCUT2D eigenvalue weighted by Gasteiger charge is -2.34. The summed E-state index contributed by atoms with van der Waals surface area (Å²) in [4.78, 5) is 16.9. The van der Waals surface area contributed by atoms with E-state index in [-0.39, 0.29) is 11.9 Å². The second kappa shape index (κ2) is 10.3. The van der Waals surface area contributed by atoms with E-state index in [1.807, 2.05) is 6.07 Å². The molecule has 0 radical (unpaired) electrons. The van der Waals surface area contributed by atoms with Crippen molar-refractivity contribution in [3.05, 3.63) is 119 Å². The van der Waals surface area contributed by atoms with E-state index in [0.29, 0.717) is 25.5 Å². The smallest absolute Gasteiger partial charge is 0.358 e. The Bertz CT molecular complexity index is 1410. The third-order valence-electron chi connectivity index (χ3n) is 6.39. The molecule has 0 amide bonds. The highest BCUT2D eigenvalue weighted by Crippen LogP contribution is 2.39. The van der Waals surface area contributed by atoms with E-state index < -0.39 is 4.92 Å². The van der Waals surface area contributed by atoms with Gasteiger partial charge < -0.3 is 14.7 Å². The average Bonchev–Trinajstić information content (AvgIpc) is 3.37. The number of imidazole rings is 1. The molecule has 176 valence electrons. The van der Waals surface area contributed by atoms with Crippen molar-refractivity contribution in [2.75, 3.05) is 19.0 Å². The van der Waals surface area contributed by atoms with Crippen molar-refractivity contribution in [3.8, 4) is 0 Å². The Kier molecular flexibility index (Phi) is 6.75. The number of benzene rings is 4. The summed E-state index contributed by atoms with van der Waals surface area (Å²) in [5, 5.41) is 15.9. The average molecular weight is 485 g/mol. The number of halogens is 1. The molecule has 0 N–H and O–H groups in total. The van der Waals surface area contributed by atoms with Gasteiger partial charge in [0.2, 0.25) is 6.33 Å². The van der Waals surface area contributed by atoms with Crippen LogP contribution in [-0.2, 0) is 6.54 Å². The van der Waals surface area contributed by atoms with Crippen LogP contribution in [0, 0.1) is 10.1 Å². The molecule has 5 rings (SSSR count). The lowest BCUT2D eigenvalue weighted by Crippen LogP contribution is -2.34. The minimum atomic E-state index is -0.470. The van der Waals surface area contributed by atoms with Gasteiger partial charge in [0.25, 0.3) is 0 Å². The molecule has 5 aromatic rings. The quantitative estimate of drug-likeness (QED) is 0.105. The van der Waals surface area contributed by atoms with Crippen LogP contribution >= 0.6 is 11.6 Å². The summed E-state index contributed by atoms with van der Waals surface area (Å²) in [6.07, 6.45) is 2.99. The Balaban J connectivity index is 1.65. The van der Waals surface area contributed by atoms with Gasteiger partial charge in [0.05, 0.1) is 6.04 Å². The van der Waals surface area contributed by atoms with Gasteiger partial charge in [0.15, 0.2) is 0 Å². The molecule has 0 aliphatic heterocycles. The molecule has 7 heteroatoms. The van der Waals surface area contributed by atoms with Gasteiger partial charge in [-0.2, -0.15) is 0 Å². The van der Waals surface area contributed by atoms with Crippen LogP contribution in [0.1, 0.15) is 17.2 Å². The molecule has 0 saturated carbocycles. The highest BCUT2D eigenvalue weighted by atomic mass is 35.5. The number of nitro groups is 1. The molecule has 0 spiro atoms. The van der Waals surface area contributed by atoms with Gasteiger partial charge in [0, 0.05) is 25.5 Å². The van der Waals surface area contributed by atoms with Gasteiger partial charge >= 0.3 is 5.82 Å². The van der Waals surface area contributed by atoms with Gasteiger partial charge in [-0.3, -0.25) is 4.90 Å².